The summed E-state index contributed by atoms with van der Waals surface area (Å²) in [6, 6.07) is 19.8. The zero-order valence-corrected chi connectivity index (χ0v) is 17.4. The Morgan fingerprint density at radius 3 is 1.74 bits per heavy atom. The van der Waals surface area contributed by atoms with Gasteiger partial charge in [0.15, 0.2) is 0 Å². The first-order valence-electron chi connectivity index (χ1n) is 11.2. The van der Waals surface area contributed by atoms with E-state index in [1.54, 1.807) is 0 Å². The Morgan fingerprint density at radius 2 is 1.26 bits per heavy atom. The van der Waals surface area contributed by atoms with Gasteiger partial charge in [-0.2, -0.15) is 0 Å². The third-order valence-electron chi connectivity index (χ3n) is 6.93. The van der Waals surface area contributed by atoms with Gasteiger partial charge in [-0.05, 0) is 36.8 Å². The molecule has 3 aliphatic rings. The monoisotopic (exact) mass is 417 g/mol. The van der Waals surface area contributed by atoms with Crippen molar-refractivity contribution in [3.05, 3.63) is 71.8 Å². The summed E-state index contributed by atoms with van der Waals surface area (Å²) in [5, 5.41) is 3.26. The molecule has 6 nitrogen and oxygen atoms in total. The van der Waals surface area contributed by atoms with Crippen LogP contribution in [-0.4, -0.2) is 45.8 Å². The number of hydrogen-bond donors (Lipinski definition) is 1. The molecule has 31 heavy (non-hydrogen) atoms. The summed E-state index contributed by atoms with van der Waals surface area (Å²) in [4.78, 5) is 41.3. The van der Waals surface area contributed by atoms with Crippen LogP contribution in [0.4, 0.5) is 4.79 Å². The molecule has 4 amide bonds. The minimum Gasteiger partial charge on any atom is -0.327 e. The number of carbonyl (C=O) groups is 3. The second kappa shape index (κ2) is 8.17. The fourth-order valence-corrected chi connectivity index (χ4v) is 5.54. The summed E-state index contributed by atoms with van der Waals surface area (Å²) in [5.74, 6) is -0.110. The first kappa shape index (κ1) is 19.8. The van der Waals surface area contributed by atoms with Crippen LogP contribution >= 0.6 is 0 Å². The highest BCUT2D eigenvalue weighted by Crippen LogP contribution is 2.39. The zero-order valence-electron chi connectivity index (χ0n) is 17.4. The Morgan fingerprint density at radius 1 is 0.774 bits per heavy atom. The molecule has 160 valence electrons. The summed E-state index contributed by atoms with van der Waals surface area (Å²) in [7, 11) is 0. The predicted molar refractivity (Wildman–Crippen MR) is 116 cm³/mol. The number of urea groups is 1. The number of carbonyl (C=O) groups excluding carboxylic acids is 3. The lowest BCUT2D eigenvalue weighted by molar-refractivity contribution is -0.142. The van der Waals surface area contributed by atoms with Crippen molar-refractivity contribution < 1.29 is 14.4 Å². The second-order valence-corrected chi connectivity index (χ2v) is 8.78. The summed E-state index contributed by atoms with van der Waals surface area (Å²) in [5.41, 5.74) is 2.08. The van der Waals surface area contributed by atoms with Crippen molar-refractivity contribution >= 4 is 17.8 Å². The van der Waals surface area contributed by atoms with Crippen LogP contribution in [0.3, 0.4) is 0 Å². The number of amides is 4. The minimum absolute atomic E-state index is 0.0551. The first-order chi connectivity index (χ1) is 15.1. The van der Waals surface area contributed by atoms with E-state index >= 15 is 0 Å². The molecule has 3 heterocycles. The molecular weight excluding hydrogens is 390 g/mol. The van der Waals surface area contributed by atoms with Crippen molar-refractivity contribution in [2.75, 3.05) is 0 Å². The lowest BCUT2D eigenvalue weighted by Crippen LogP contribution is -2.56. The van der Waals surface area contributed by atoms with Crippen LogP contribution in [0.5, 0.6) is 0 Å². The van der Waals surface area contributed by atoms with E-state index in [9.17, 15) is 14.4 Å². The second-order valence-electron chi connectivity index (χ2n) is 8.78. The number of nitrogens with zero attached hydrogens (tertiary/aromatic N) is 2. The number of benzene rings is 2. The minimum atomic E-state index is -0.228. The fourth-order valence-electron chi connectivity index (χ4n) is 5.54. The van der Waals surface area contributed by atoms with Crippen LogP contribution in [0.15, 0.2) is 60.7 Å². The Balaban J connectivity index is 1.34. The number of likely N-dealkylation sites (tertiary alicyclic amines) is 1. The standard InChI is InChI=1S/C25H27N3O3/c29-22-13-14-23(30)28(22)21-15-19-11-12-20(16-21)27(19)25(31)26-24(17-7-3-1-4-8-17)18-9-5-2-6-10-18/h1-10,19-21,24H,11-16H2,(H,26,31). The molecule has 0 radical (unpaired) electrons. The highest BCUT2D eigenvalue weighted by molar-refractivity contribution is 6.02. The summed E-state index contributed by atoms with van der Waals surface area (Å²) in [6.07, 6.45) is 3.86. The molecule has 0 aliphatic carbocycles. The first-order valence-corrected chi connectivity index (χ1v) is 11.2. The van der Waals surface area contributed by atoms with E-state index < -0.39 is 0 Å². The van der Waals surface area contributed by atoms with Gasteiger partial charge >= 0.3 is 6.03 Å². The number of hydrogen-bond acceptors (Lipinski definition) is 3. The molecule has 2 bridgehead atoms. The number of piperidine rings is 1. The highest BCUT2D eigenvalue weighted by Gasteiger charge is 2.48. The molecule has 1 N–H and O–H groups in total. The number of nitrogens with one attached hydrogen (secondary N) is 1. The molecule has 6 heteroatoms. The number of imide groups is 1. The van der Waals surface area contributed by atoms with E-state index in [0.717, 1.165) is 24.0 Å². The van der Waals surface area contributed by atoms with E-state index in [1.165, 1.54) is 4.90 Å². The molecule has 0 spiro atoms. The van der Waals surface area contributed by atoms with E-state index in [4.69, 9.17) is 0 Å². The molecule has 2 aromatic carbocycles. The van der Waals surface area contributed by atoms with E-state index in [-0.39, 0.29) is 42.0 Å². The molecule has 3 fully saturated rings. The molecule has 0 aromatic heterocycles. The van der Waals surface area contributed by atoms with Gasteiger partial charge in [0.05, 0.1) is 6.04 Å². The predicted octanol–water partition coefficient (Wildman–Crippen LogP) is 3.63. The van der Waals surface area contributed by atoms with Gasteiger partial charge in [-0.3, -0.25) is 14.5 Å². The molecule has 3 aliphatic heterocycles. The lowest BCUT2D eigenvalue weighted by atomic mass is 9.95. The summed E-state index contributed by atoms with van der Waals surface area (Å²) >= 11 is 0. The average molecular weight is 418 g/mol. The van der Waals surface area contributed by atoms with Gasteiger partial charge in [0, 0.05) is 31.0 Å². The Bertz CT molecular complexity index is 909. The third-order valence-corrected chi connectivity index (χ3v) is 6.93. The summed E-state index contributed by atoms with van der Waals surface area (Å²) < 4.78 is 0. The van der Waals surface area contributed by atoms with Crippen LogP contribution in [-0.2, 0) is 9.59 Å². The van der Waals surface area contributed by atoms with Crippen molar-refractivity contribution in [2.45, 2.75) is 62.7 Å². The zero-order chi connectivity index (χ0) is 21.4. The van der Waals surface area contributed by atoms with E-state index in [1.807, 2.05) is 65.6 Å². The van der Waals surface area contributed by atoms with Crippen molar-refractivity contribution in [1.82, 2.24) is 15.1 Å². The molecule has 3 saturated heterocycles. The van der Waals surface area contributed by atoms with Crippen molar-refractivity contribution in [3.8, 4) is 0 Å². The Labute approximate surface area is 182 Å². The van der Waals surface area contributed by atoms with Gasteiger partial charge in [-0.1, -0.05) is 60.7 Å². The number of fused-ring (bicyclic) bond motifs is 2. The SMILES string of the molecule is O=C1CCC(=O)N1C1CC2CCC(C1)N2C(=O)NC(c1ccccc1)c1ccccc1. The molecule has 0 saturated carbocycles. The topological polar surface area (TPSA) is 69.7 Å². The van der Waals surface area contributed by atoms with E-state index in [2.05, 4.69) is 5.32 Å². The quantitative estimate of drug-likeness (QED) is 0.773. The van der Waals surface area contributed by atoms with Crippen LogP contribution in [0, 0.1) is 0 Å². The Hall–Kier alpha value is -3.15. The summed E-state index contributed by atoms with van der Waals surface area (Å²) in [6.45, 7) is 0. The van der Waals surface area contributed by atoms with Crippen LogP contribution in [0.1, 0.15) is 55.7 Å². The largest absolute Gasteiger partial charge is 0.327 e. The molecule has 2 aromatic rings. The maximum absolute atomic E-state index is 13.4. The fraction of sp³-hybridized carbons (Fsp3) is 0.400. The van der Waals surface area contributed by atoms with Gasteiger partial charge in [-0.25, -0.2) is 4.79 Å². The van der Waals surface area contributed by atoms with Gasteiger partial charge in [0.25, 0.3) is 0 Å². The molecule has 2 unspecified atom stereocenters. The van der Waals surface area contributed by atoms with Crippen molar-refractivity contribution in [3.63, 3.8) is 0 Å². The molecule has 5 rings (SSSR count). The van der Waals surface area contributed by atoms with Crippen molar-refractivity contribution in [2.24, 2.45) is 0 Å². The lowest BCUT2D eigenvalue weighted by Gasteiger charge is -2.42. The number of rotatable bonds is 4. The maximum atomic E-state index is 13.4. The van der Waals surface area contributed by atoms with Gasteiger partial charge in [0.2, 0.25) is 11.8 Å². The Kier molecular flexibility index (Phi) is 5.22. The normalized spacial score (nSPS) is 25.4. The smallest absolute Gasteiger partial charge is 0.318 e. The van der Waals surface area contributed by atoms with Gasteiger partial charge in [-0.15, -0.1) is 0 Å². The highest BCUT2D eigenvalue weighted by atomic mass is 16.2. The third kappa shape index (κ3) is 3.71. The van der Waals surface area contributed by atoms with Crippen LogP contribution in [0.25, 0.3) is 0 Å². The molecular formula is C25H27N3O3. The van der Waals surface area contributed by atoms with E-state index in [0.29, 0.717) is 25.7 Å². The average Bonchev–Trinajstić information content (AvgIpc) is 3.27. The van der Waals surface area contributed by atoms with Crippen LogP contribution < -0.4 is 5.32 Å². The van der Waals surface area contributed by atoms with Gasteiger partial charge in [0.1, 0.15) is 0 Å². The maximum Gasteiger partial charge on any atom is 0.318 e. The van der Waals surface area contributed by atoms with Gasteiger partial charge < -0.3 is 10.2 Å². The van der Waals surface area contributed by atoms with Crippen molar-refractivity contribution in [1.29, 1.82) is 0 Å². The van der Waals surface area contributed by atoms with Crippen LogP contribution in [0.2, 0.25) is 0 Å². The molecule has 2 atom stereocenters.